The molecule has 0 aliphatic heterocycles. The second-order valence-corrected chi connectivity index (χ2v) is 4.64. The Balaban J connectivity index is 1.91. The van der Waals surface area contributed by atoms with Crippen LogP contribution in [-0.2, 0) is 11.2 Å². The molecule has 0 aliphatic rings. The molecule has 3 N–H and O–H groups in total. The summed E-state index contributed by atoms with van der Waals surface area (Å²) in [5.74, 6) is 0.0161. The lowest BCUT2D eigenvalue weighted by Crippen LogP contribution is -2.13. The lowest BCUT2D eigenvalue weighted by Gasteiger charge is -2.07. The van der Waals surface area contributed by atoms with E-state index in [1.807, 2.05) is 24.3 Å². The number of carbonyl (C=O) groups excluding carboxylic acids is 1. The quantitative estimate of drug-likeness (QED) is 0.831. The molecular weight excluding hydrogens is 271 g/mol. The molecular formula is C16H17FN2O2. The van der Waals surface area contributed by atoms with Crippen molar-refractivity contribution in [1.82, 2.24) is 0 Å². The Bertz CT molecular complexity index is 627. The number of ether oxygens (including phenoxy) is 1. The normalized spacial score (nSPS) is 10.2. The minimum absolute atomic E-state index is 0.106. The molecule has 4 nitrogen and oxygen atoms in total. The lowest BCUT2D eigenvalue weighted by molar-refractivity contribution is -0.116. The molecule has 2 rings (SSSR count). The Kier molecular flexibility index (Phi) is 4.77. The van der Waals surface area contributed by atoms with Gasteiger partial charge in [0.05, 0.1) is 12.8 Å². The third-order valence-corrected chi connectivity index (χ3v) is 3.06. The first-order valence-corrected chi connectivity index (χ1v) is 6.56. The zero-order chi connectivity index (χ0) is 15.2. The molecule has 0 unspecified atom stereocenters. The Morgan fingerprint density at radius 2 is 1.95 bits per heavy atom. The SMILES string of the molecule is COc1ccc(CCC(=O)Nc2cc(N)ccc2F)cc1. The number of aryl methyl sites for hydroxylation is 1. The Labute approximate surface area is 122 Å². The molecule has 0 bridgehead atoms. The van der Waals surface area contributed by atoms with E-state index >= 15 is 0 Å². The standard InChI is InChI=1S/C16H17FN2O2/c1-21-13-6-2-11(3-7-13)4-9-16(20)19-15-10-12(18)5-8-14(15)17/h2-3,5-8,10H,4,9,18H2,1H3,(H,19,20). The Hall–Kier alpha value is -2.56. The van der Waals surface area contributed by atoms with Crippen molar-refractivity contribution in [2.75, 3.05) is 18.2 Å². The molecule has 110 valence electrons. The molecule has 5 heteroatoms. The van der Waals surface area contributed by atoms with Gasteiger partial charge in [0, 0.05) is 12.1 Å². The van der Waals surface area contributed by atoms with Gasteiger partial charge in [0.1, 0.15) is 11.6 Å². The first kappa shape index (κ1) is 14.8. The maximum atomic E-state index is 13.5. The number of hydrogen-bond donors (Lipinski definition) is 2. The summed E-state index contributed by atoms with van der Waals surface area (Å²) >= 11 is 0. The van der Waals surface area contributed by atoms with Crippen molar-refractivity contribution in [3.63, 3.8) is 0 Å². The molecule has 0 radical (unpaired) electrons. The highest BCUT2D eigenvalue weighted by atomic mass is 19.1. The van der Waals surface area contributed by atoms with E-state index in [0.29, 0.717) is 12.1 Å². The average molecular weight is 288 g/mol. The summed E-state index contributed by atoms with van der Waals surface area (Å²) in [4.78, 5) is 11.8. The zero-order valence-corrected chi connectivity index (χ0v) is 11.7. The number of nitrogens with one attached hydrogen (secondary N) is 1. The molecule has 0 heterocycles. The van der Waals surface area contributed by atoms with Crippen molar-refractivity contribution in [2.24, 2.45) is 0 Å². The number of amides is 1. The van der Waals surface area contributed by atoms with E-state index in [4.69, 9.17) is 10.5 Å². The van der Waals surface area contributed by atoms with Gasteiger partial charge in [-0.2, -0.15) is 0 Å². The predicted molar refractivity (Wildman–Crippen MR) is 80.8 cm³/mol. The highest BCUT2D eigenvalue weighted by molar-refractivity contribution is 5.91. The lowest BCUT2D eigenvalue weighted by atomic mass is 10.1. The third-order valence-electron chi connectivity index (χ3n) is 3.06. The number of hydrogen-bond acceptors (Lipinski definition) is 3. The Morgan fingerprint density at radius 1 is 1.24 bits per heavy atom. The fourth-order valence-corrected chi connectivity index (χ4v) is 1.90. The zero-order valence-electron chi connectivity index (χ0n) is 11.7. The van der Waals surface area contributed by atoms with Crippen LogP contribution in [-0.4, -0.2) is 13.0 Å². The van der Waals surface area contributed by atoms with E-state index in [0.717, 1.165) is 11.3 Å². The molecule has 0 spiro atoms. The van der Waals surface area contributed by atoms with Crippen LogP contribution in [0.15, 0.2) is 42.5 Å². The highest BCUT2D eigenvalue weighted by Gasteiger charge is 2.07. The van der Waals surface area contributed by atoms with Gasteiger partial charge in [0.25, 0.3) is 0 Å². The maximum absolute atomic E-state index is 13.5. The number of halogens is 1. The van der Waals surface area contributed by atoms with Gasteiger partial charge in [-0.1, -0.05) is 12.1 Å². The molecule has 0 atom stereocenters. The van der Waals surface area contributed by atoms with Gasteiger partial charge in [0.2, 0.25) is 5.91 Å². The van der Waals surface area contributed by atoms with Crippen LogP contribution in [0.5, 0.6) is 5.75 Å². The highest BCUT2D eigenvalue weighted by Crippen LogP contribution is 2.18. The summed E-state index contributed by atoms with van der Waals surface area (Å²) in [6, 6.07) is 11.5. The molecule has 2 aromatic carbocycles. The number of anilines is 2. The monoisotopic (exact) mass is 288 g/mol. The summed E-state index contributed by atoms with van der Waals surface area (Å²) in [5, 5.41) is 2.53. The van der Waals surface area contributed by atoms with Gasteiger partial charge in [0.15, 0.2) is 0 Å². The van der Waals surface area contributed by atoms with Crippen molar-refractivity contribution < 1.29 is 13.9 Å². The van der Waals surface area contributed by atoms with Crippen molar-refractivity contribution in [3.05, 3.63) is 53.8 Å². The number of nitrogens with two attached hydrogens (primary N) is 1. The van der Waals surface area contributed by atoms with Crippen LogP contribution in [0.2, 0.25) is 0 Å². The van der Waals surface area contributed by atoms with Gasteiger partial charge >= 0.3 is 0 Å². The summed E-state index contributed by atoms with van der Waals surface area (Å²) in [7, 11) is 1.60. The first-order chi connectivity index (χ1) is 10.1. The van der Waals surface area contributed by atoms with E-state index in [9.17, 15) is 9.18 Å². The van der Waals surface area contributed by atoms with E-state index < -0.39 is 5.82 Å². The molecule has 21 heavy (non-hydrogen) atoms. The van der Waals surface area contributed by atoms with Crippen LogP contribution in [0.1, 0.15) is 12.0 Å². The van der Waals surface area contributed by atoms with E-state index in [1.165, 1.54) is 18.2 Å². The second-order valence-electron chi connectivity index (χ2n) is 4.64. The van der Waals surface area contributed by atoms with Gasteiger partial charge in [-0.05, 0) is 42.3 Å². The fourth-order valence-electron chi connectivity index (χ4n) is 1.90. The van der Waals surface area contributed by atoms with Gasteiger partial charge < -0.3 is 15.8 Å². The minimum Gasteiger partial charge on any atom is -0.497 e. The number of rotatable bonds is 5. The molecule has 0 aromatic heterocycles. The van der Waals surface area contributed by atoms with Crippen molar-refractivity contribution in [1.29, 1.82) is 0 Å². The first-order valence-electron chi connectivity index (χ1n) is 6.56. The van der Waals surface area contributed by atoms with Crippen LogP contribution in [0.4, 0.5) is 15.8 Å². The molecule has 2 aromatic rings. The van der Waals surface area contributed by atoms with Gasteiger partial charge in [-0.3, -0.25) is 4.79 Å². The van der Waals surface area contributed by atoms with Crippen LogP contribution in [0, 0.1) is 5.82 Å². The van der Waals surface area contributed by atoms with E-state index in [1.54, 1.807) is 7.11 Å². The molecule has 1 amide bonds. The van der Waals surface area contributed by atoms with Crippen molar-refractivity contribution in [3.8, 4) is 5.75 Å². The maximum Gasteiger partial charge on any atom is 0.224 e. The van der Waals surface area contributed by atoms with Crippen LogP contribution in [0.3, 0.4) is 0 Å². The summed E-state index contributed by atoms with van der Waals surface area (Å²) in [5.41, 5.74) is 7.09. The topological polar surface area (TPSA) is 64.3 Å². The smallest absolute Gasteiger partial charge is 0.224 e. The van der Waals surface area contributed by atoms with Crippen LogP contribution in [0.25, 0.3) is 0 Å². The molecule has 0 saturated carbocycles. The van der Waals surface area contributed by atoms with Gasteiger partial charge in [-0.25, -0.2) is 4.39 Å². The molecule has 0 aliphatic carbocycles. The number of nitrogen functional groups attached to an aromatic ring is 1. The number of carbonyl (C=O) groups is 1. The summed E-state index contributed by atoms with van der Waals surface area (Å²) in [6.07, 6.45) is 0.834. The fraction of sp³-hybridized carbons (Fsp3) is 0.188. The number of benzene rings is 2. The van der Waals surface area contributed by atoms with E-state index in [2.05, 4.69) is 5.32 Å². The summed E-state index contributed by atoms with van der Waals surface area (Å²) < 4.78 is 18.6. The Morgan fingerprint density at radius 3 is 2.62 bits per heavy atom. The average Bonchev–Trinajstić information content (AvgIpc) is 2.49. The number of methoxy groups -OCH3 is 1. The van der Waals surface area contributed by atoms with Crippen LogP contribution < -0.4 is 15.8 Å². The van der Waals surface area contributed by atoms with E-state index in [-0.39, 0.29) is 18.0 Å². The van der Waals surface area contributed by atoms with Crippen molar-refractivity contribution >= 4 is 17.3 Å². The van der Waals surface area contributed by atoms with Crippen LogP contribution >= 0.6 is 0 Å². The third kappa shape index (κ3) is 4.21. The largest absolute Gasteiger partial charge is 0.497 e. The second kappa shape index (κ2) is 6.74. The van der Waals surface area contributed by atoms with Gasteiger partial charge in [-0.15, -0.1) is 0 Å². The molecule has 0 saturated heterocycles. The van der Waals surface area contributed by atoms with Crippen molar-refractivity contribution in [2.45, 2.75) is 12.8 Å². The minimum atomic E-state index is -0.498. The molecule has 0 fully saturated rings. The summed E-state index contributed by atoms with van der Waals surface area (Å²) in [6.45, 7) is 0. The predicted octanol–water partition coefficient (Wildman–Crippen LogP) is 2.99.